The highest BCUT2D eigenvalue weighted by molar-refractivity contribution is 7.99. The maximum absolute atomic E-state index is 12.8. The van der Waals surface area contributed by atoms with Crippen LogP contribution in [0.3, 0.4) is 0 Å². The molecule has 0 heterocycles. The molecule has 0 fully saturated rings. The Morgan fingerprint density at radius 1 is 1.44 bits per heavy atom. The molecular formula is C11H12F2N2S. The minimum absolute atomic E-state index is 0.493. The van der Waals surface area contributed by atoms with Gasteiger partial charge in [0.1, 0.15) is 5.54 Å². The topological polar surface area (TPSA) is 49.8 Å². The van der Waals surface area contributed by atoms with E-state index in [0.29, 0.717) is 17.1 Å². The summed E-state index contributed by atoms with van der Waals surface area (Å²) in [5, 5.41) is 8.68. The third-order valence-electron chi connectivity index (χ3n) is 2.04. The highest BCUT2D eigenvalue weighted by Gasteiger charge is 2.16. The molecule has 1 aromatic carbocycles. The van der Waals surface area contributed by atoms with Crippen molar-refractivity contribution in [3.63, 3.8) is 0 Å². The number of nitriles is 1. The molecule has 0 aliphatic carbocycles. The number of rotatable bonds is 4. The van der Waals surface area contributed by atoms with Gasteiger partial charge in [0.05, 0.1) is 6.07 Å². The van der Waals surface area contributed by atoms with Crippen molar-refractivity contribution in [2.75, 3.05) is 5.75 Å². The zero-order chi connectivity index (χ0) is 12.2. The predicted octanol–water partition coefficient (Wildman–Crippen LogP) is 2.69. The summed E-state index contributed by atoms with van der Waals surface area (Å²) in [6.07, 6.45) is 0.493. The largest absolute Gasteiger partial charge is 0.314 e. The monoisotopic (exact) mass is 242 g/mol. The second-order valence-corrected chi connectivity index (χ2v) is 4.87. The zero-order valence-electron chi connectivity index (χ0n) is 8.84. The molecule has 0 saturated heterocycles. The van der Waals surface area contributed by atoms with Crippen LogP contribution in [-0.4, -0.2) is 11.3 Å². The molecule has 5 heteroatoms. The van der Waals surface area contributed by atoms with Gasteiger partial charge in [0.2, 0.25) is 0 Å². The Kier molecular flexibility index (Phi) is 4.27. The number of thioether (sulfide) groups is 1. The molecule has 0 saturated carbocycles. The summed E-state index contributed by atoms with van der Waals surface area (Å²) in [5.74, 6) is -1.13. The van der Waals surface area contributed by atoms with E-state index < -0.39 is 17.2 Å². The van der Waals surface area contributed by atoms with Crippen molar-refractivity contribution >= 4 is 11.8 Å². The van der Waals surface area contributed by atoms with Gasteiger partial charge in [0.15, 0.2) is 11.6 Å². The summed E-state index contributed by atoms with van der Waals surface area (Å²) in [4.78, 5) is 0.632. The van der Waals surface area contributed by atoms with E-state index in [1.165, 1.54) is 17.8 Å². The fourth-order valence-electron chi connectivity index (χ4n) is 1.00. The molecule has 0 amide bonds. The predicted molar refractivity (Wildman–Crippen MR) is 59.9 cm³/mol. The summed E-state index contributed by atoms with van der Waals surface area (Å²) in [6.45, 7) is 1.64. The second-order valence-electron chi connectivity index (χ2n) is 3.70. The third kappa shape index (κ3) is 3.80. The normalized spacial score (nSPS) is 14.2. The molecule has 1 rings (SSSR count). The average Bonchev–Trinajstić information content (AvgIpc) is 2.23. The van der Waals surface area contributed by atoms with Crippen LogP contribution in [0.15, 0.2) is 23.1 Å². The van der Waals surface area contributed by atoms with E-state index in [4.69, 9.17) is 11.0 Å². The van der Waals surface area contributed by atoms with Crippen molar-refractivity contribution < 1.29 is 8.78 Å². The Hall–Kier alpha value is -1.12. The first kappa shape index (κ1) is 12.9. The number of halogens is 2. The van der Waals surface area contributed by atoms with Gasteiger partial charge in [-0.25, -0.2) is 8.78 Å². The lowest BCUT2D eigenvalue weighted by atomic mass is 10.0. The van der Waals surface area contributed by atoms with Crippen molar-refractivity contribution in [2.24, 2.45) is 5.73 Å². The molecular weight excluding hydrogens is 230 g/mol. The molecule has 0 bridgehead atoms. The van der Waals surface area contributed by atoms with Crippen LogP contribution in [0.4, 0.5) is 8.78 Å². The van der Waals surface area contributed by atoms with Gasteiger partial charge in [-0.05, 0) is 31.5 Å². The van der Waals surface area contributed by atoms with E-state index in [1.807, 2.05) is 6.07 Å². The summed E-state index contributed by atoms with van der Waals surface area (Å²) < 4.78 is 25.5. The number of nitrogens with zero attached hydrogens (tertiary/aromatic N) is 1. The maximum Gasteiger partial charge on any atom is 0.159 e. The highest BCUT2D eigenvalue weighted by atomic mass is 32.2. The molecule has 1 aromatic rings. The highest BCUT2D eigenvalue weighted by Crippen LogP contribution is 2.22. The first-order valence-corrected chi connectivity index (χ1v) is 5.71. The quantitative estimate of drug-likeness (QED) is 0.826. The molecule has 2 N–H and O–H groups in total. The SMILES string of the molecule is CC(N)(C#N)CCSc1ccc(F)c(F)c1. The van der Waals surface area contributed by atoms with Crippen molar-refractivity contribution in [3.8, 4) is 6.07 Å². The lowest BCUT2D eigenvalue weighted by Gasteiger charge is -2.14. The minimum Gasteiger partial charge on any atom is -0.314 e. The molecule has 0 aliphatic heterocycles. The molecule has 0 spiro atoms. The number of hydrogen-bond donors (Lipinski definition) is 1. The van der Waals surface area contributed by atoms with Crippen LogP contribution < -0.4 is 5.73 Å². The van der Waals surface area contributed by atoms with Crippen LogP contribution in [0.25, 0.3) is 0 Å². The smallest absolute Gasteiger partial charge is 0.159 e. The molecule has 0 aliphatic rings. The van der Waals surface area contributed by atoms with Crippen LogP contribution in [0.1, 0.15) is 13.3 Å². The van der Waals surface area contributed by atoms with Gasteiger partial charge in [0.25, 0.3) is 0 Å². The Balaban J connectivity index is 2.50. The van der Waals surface area contributed by atoms with E-state index in [1.54, 1.807) is 6.92 Å². The van der Waals surface area contributed by atoms with Gasteiger partial charge in [-0.15, -0.1) is 11.8 Å². The maximum atomic E-state index is 12.8. The average molecular weight is 242 g/mol. The van der Waals surface area contributed by atoms with E-state index in [-0.39, 0.29) is 0 Å². The van der Waals surface area contributed by atoms with Gasteiger partial charge >= 0.3 is 0 Å². The lowest BCUT2D eigenvalue weighted by molar-refractivity contribution is 0.506. The van der Waals surface area contributed by atoms with E-state index in [2.05, 4.69) is 0 Å². The molecule has 16 heavy (non-hydrogen) atoms. The summed E-state index contributed by atoms with van der Waals surface area (Å²) in [5.41, 5.74) is 4.76. The summed E-state index contributed by atoms with van der Waals surface area (Å²) in [7, 11) is 0. The molecule has 0 radical (unpaired) electrons. The van der Waals surface area contributed by atoms with Crippen LogP contribution in [-0.2, 0) is 0 Å². The number of nitrogens with two attached hydrogens (primary N) is 1. The van der Waals surface area contributed by atoms with E-state index in [0.717, 1.165) is 12.1 Å². The second kappa shape index (κ2) is 5.28. The fourth-order valence-corrected chi connectivity index (χ4v) is 2.12. The Labute approximate surface area is 97.4 Å². The van der Waals surface area contributed by atoms with Crippen LogP contribution >= 0.6 is 11.8 Å². The van der Waals surface area contributed by atoms with Gasteiger partial charge in [-0.1, -0.05) is 0 Å². The van der Waals surface area contributed by atoms with Crippen molar-refractivity contribution in [1.82, 2.24) is 0 Å². The molecule has 1 unspecified atom stereocenters. The summed E-state index contributed by atoms with van der Waals surface area (Å²) >= 11 is 1.35. The van der Waals surface area contributed by atoms with Crippen LogP contribution in [0.2, 0.25) is 0 Å². The first-order chi connectivity index (χ1) is 7.44. The Bertz CT molecular complexity index is 413. The molecule has 0 aromatic heterocycles. The fraction of sp³-hybridized carbons (Fsp3) is 0.364. The van der Waals surface area contributed by atoms with Gasteiger partial charge < -0.3 is 5.73 Å². The van der Waals surface area contributed by atoms with E-state index >= 15 is 0 Å². The van der Waals surface area contributed by atoms with Crippen molar-refractivity contribution in [3.05, 3.63) is 29.8 Å². The lowest BCUT2D eigenvalue weighted by Crippen LogP contribution is -2.34. The molecule has 1 atom stereocenters. The zero-order valence-corrected chi connectivity index (χ0v) is 9.65. The molecule has 86 valence electrons. The van der Waals surface area contributed by atoms with Gasteiger partial charge in [-0.2, -0.15) is 5.26 Å². The Morgan fingerprint density at radius 3 is 2.69 bits per heavy atom. The number of benzene rings is 1. The van der Waals surface area contributed by atoms with Crippen LogP contribution in [0.5, 0.6) is 0 Å². The first-order valence-electron chi connectivity index (χ1n) is 4.72. The third-order valence-corrected chi connectivity index (χ3v) is 3.03. The van der Waals surface area contributed by atoms with Crippen LogP contribution in [0, 0.1) is 23.0 Å². The summed E-state index contributed by atoms with van der Waals surface area (Å²) in [6, 6.07) is 5.71. The van der Waals surface area contributed by atoms with Crippen molar-refractivity contribution in [2.45, 2.75) is 23.8 Å². The Morgan fingerprint density at radius 2 is 2.12 bits per heavy atom. The molecule has 2 nitrogen and oxygen atoms in total. The standard InChI is InChI=1S/C11H12F2N2S/c1-11(15,7-14)4-5-16-8-2-3-9(12)10(13)6-8/h2-3,6H,4-5,15H2,1H3. The van der Waals surface area contributed by atoms with E-state index in [9.17, 15) is 8.78 Å². The van der Waals surface area contributed by atoms with Crippen molar-refractivity contribution in [1.29, 1.82) is 5.26 Å². The van der Waals surface area contributed by atoms with Gasteiger partial charge in [0, 0.05) is 10.6 Å². The minimum atomic E-state index is -0.869. The number of hydrogen-bond acceptors (Lipinski definition) is 3. The van der Waals surface area contributed by atoms with Gasteiger partial charge in [-0.3, -0.25) is 0 Å².